The largest absolute Gasteiger partial charge is 0.382 e. The van der Waals surface area contributed by atoms with E-state index in [9.17, 15) is 0 Å². The third kappa shape index (κ3) is 3.36. The lowest BCUT2D eigenvalue weighted by Gasteiger charge is -2.28. The van der Waals surface area contributed by atoms with Crippen LogP contribution in [0.3, 0.4) is 0 Å². The quantitative estimate of drug-likeness (QED) is 0.892. The zero-order chi connectivity index (χ0) is 13.8. The van der Waals surface area contributed by atoms with Gasteiger partial charge in [0.25, 0.3) is 0 Å². The van der Waals surface area contributed by atoms with Crippen molar-refractivity contribution in [2.45, 2.75) is 44.3 Å². The number of aromatic nitrogens is 3. The first-order chi connectivity index (χ1) is 9.79. The molecule has 1 fully saturated rings. The molecule has 20 heavy (non-hydrogen) atoms. The summed E-state index contributed by atoms with van der Waals surface area (Å²) >= 11 is 0. The van der Waals surface area contributed by atoms with Crippen LogP contribution in [0.2, 0.25) is 0 Å². The molecule has 1 aromatic carbocycles. The molecule has 1 saturated carbocycles. The number of nitrogens with one attached hydrogen (secondary N) is 1. The van der Waals surface area contributed by atoms with Gasteiger partial charge in [-0.2, -0.15) is 5.10 Å². The Morgan fingerprint density at radius 1 is 1.35 bits per heavy atom. The highest BCUT2D eigenvalue weighted by molar-refractivity contribution is 5.46. The Kier molecular flexibility index (Phi) is 3.97. The molecule has 0 radical (unpaired) electrons. The van der Waals surface area contributed by atoms with E-state index in [1.165, 1.54) is 24.1 Å². The average Bonchev–Trinajstić information content (AvgIpc) is 2.92. The average molecular weight is 271 g/mol. The zero-order valence-corrected chi connectivity index (χ0v) is 11.6. The van der Waals surface area contributed by atoms with Crippen LogP contribution < -0.4 is 11.1 Å². The van der Waals surface area contributed by atoms with E-state index < -0.39 is 0 Å². The van der Waals surface area contributed by atoms with Crippen molar-refractivity contribution in [1.29, 1.82) is 0 Å². The summed E-state index contributed by atoms with van der Waals surface area (Å²) in [6.07, 6.45) is 7.95. The van der Waals surface area contributed by atoms with Crippen molar-refractivity contribution < 1.29 is 0 Å². The molecule has 5 heteroatoms. The van der Waals surface area contributed by atoms with E-state index in [0.29, 0.717) is 12.1 Å². The van der Waals surface area contributed by atoms with Gasteiger partial charge < -0.3 is 11.1 Å². The number of hydrogen-bond donors (Lipinski definition) is 2. The van der Waals surface area contributed by atoms with Gasteiger partial charge >= 0.3 is 0 Å². The number of benzene rings is 1. The summed E-state index contributed by atoms with van der Waals surface area (Å²) in [4.78, 5) is 3.97. The third-order valence-electron chi connectivity index (χ3n) is 3.82. The second kappa shape index (κ2) is 6.05. The predicted octanol–water partition coefficient (Wildman–Crippen LogP) is 2.01. The van der Waals surface area contributed by atoms with Crippen LogP contribution in [0, 0.1) is 0 Å². The molecule has 1 aliphatic carbocycles. The molecule has 3 N–H and O–H groups in total. The van der Waals surface area contributed by atoms with Crippen molar-refractivity contribution in [3.63, 3.8) is 0 Å². The van der Waals surface area contributed by atoms with Crippen molar-refractivity contribution in [3.05, 3.63) is 42.5 Å². The Labute approximate surface area is 119 Å². The maximum Gasteiger partial charge on any atom is 0.137 e. The van der Waals surface area contributed by atoms with Gasteiger partial charge in [-0.25, -0.2) is 9.67 Å². The second-order valence-electron chi connectivity index (χ2n) is 5.56. The molecule has 0 aliphatic heterocycles. The summed E-state index contributed by atoms with van der Waals surface area (Å²) < 4.78 is 1.83. The molecule has 1 heterocycles. The molecule has 3 rings (SSSR count). The molecule has 0 amide bonds. The Balaban J connectivity index is 1.65. The summed E-state index contributed by atoms with van der Waals surface area (Å²) in [6, 6.07) is 9.34. The maximum atomic E-state index is 6.04. The first-order valence-electron chi connectivity index (χ1n) is 7.23. The maximum absolute atomic E-state index is 6.04. The molecule has 2 unspecified atom stereocenters. The molecular formula is C15H21N5. The molecule has 2 atom stereocenters. The van der Waals surface area contributed by atoms with Gasteiger partial charge in [-0.05, 0) is 43.4 Å². The van der Waals surface area contributed by atoms with Gasteiger partial charge in [-0.3, -0.25) is 0 Å². The summed E-state index contributed by atoms with van der Waals surface area (Å²) in [5, 5.41) is 7.74. The molecule has 1 aliphatic rings. The summed E-state index contributed by atoms with van der Waals surface area (Å²) in [5.41, 5.74) is 8.43. The monoisotopic (exact) mass is 271 g/mol. The number of hydrogen-bond acceptors (Lipinski definition) is 4. The van der Waals surface area contributed by atoms with Gasteiger partial charge in [-0.15, -0.1) is 0 Å². The van der Waals surface area contributed by atoms with Crippen molar-refractivity contribution in [1.82, 2.24) is 14.8 Å². The van der Waals surface area contributed by atoms with E-state index in [-0.39, 0.29) is 0 Å². The Morgan fingerprint density at radius 3 is 3.10 bits per heavy atom. The predicted molar refractivity (Wildman–Crippen MR) is 79.4 cm³/mol. The number of rotatable bonds is 4. The van der Waals surface area contributed by atoms with E-state index >= 15 is 0 Å². The van der Waals surface area contributed by atoms with Crippen LogP contribution in [0.5, 0.6) is 0 Å². The second-order valence-corrected chi connectivity index (χ2v) is 5.56. The van der Waals surface area contributed by atoms with Crippen LogP contribution in [-0.2, 0) is 6.54 Å². The highest BCUT2D eigenvalue weighted by Crippen LogP contribution is 2.21. The lowest BCUT2D eigenvalue weighted by atomic mass is 9.91. The van der Waals surface area contributed by atoms with E-state index in [1.54, 1.807) is 12.7 Å². The molecule has 1 aromatic heterocycles. The summed E-state index contributed by atoms with van der Waals surface area (Å²) in [5.74, 6) is 0. The van der Waals surface area contributed by atoms with E-state index in [4.69, 9.17) is 5.73 Å². The molecule has 0 spiro atoms. The fourth-order valence-electron chi connectivity index (χ4n) is 2.86. The lowest BCUT2D eigenvalue weighted by molar-refractivity contribution is 0.409. The molecular weight excluding hydrogens is 250 g/mol. The summed E-state index contributed by atoms with van der Waals surface area (Å²) in [6.45, 7) is 0.750. The SMILES string of the molecule is NC1CCCC(Nc2cccc(Cn3cncn3)c2)C1. The normalized spacial score (nSPS) is 22.6. The summed E-state index contributed by atoms with van der Waals surface area (Å²) in [7, 11) is 0. The molecule has 0 bridgehead atoms. The highest BCUT2D eigenvalue weighted by Gasteiger charge is 2.18. The van der Waals surface area contributed by atoms with Gasteiger partial charge in [0.1, 0.15) is 12.7 Å². The van der Waals surface area contributed by atoms with Gasteiger partial charge in [0.05, 0.1) is 6.54 Å². The van der Waals surface area contributed by atoms with Crippen LogP contribution in [-0.4, -0.2) is 26.8 Å². The zero-order valence-electron chi connectivity index (χ0n) is 11.6. The van der Waals surface area contributed by atoms with Gasteiger partial charge in [0.15, 0.2) is 0 Å². The van der Waals surface area contributed by atoms with Gasteiger partial charge in [0.2, 0.25) is 0 Å². The Hall–Kier alpha value is -1.88. The molecule has 106 valence electrons. The first-order valence-corrected chi connectivity index (χ1v) is 7.23. The standard InChI is InChI=1S/C15H21N5/c16-13-4-2-6-15(8-13)19-14-5-1-3-12(7-14)9-20-11-17-10-18-20/h1,3,5,7,10-11,13,15,19H,2,4,6,8-9,16H2. The van der Waals surface area contributed by atoms with E-state index in [1.807, 2.05) is 4.68 Å². The lowest BCUT2D eigenvalue weighted by Crippen LogP contribution is -2.34. The molecule has 2 aromatic rings. The van der Waals surface area contributed by atoms with E-state index in [2.05, 4.69) is 39.7 Å². The fraction of sp³-hybridized carbons (Fsp3) is 0.467. The topological polar surface area (TPSA) is 68.8 Å². The van der Waals surface area contributed by atoms with Gasteiger partial charge in [0, 0.05) is 17.8 Å². The van der Waals surface area contributed by atoms with Gasteiger partial charge in [-0.1, -0.05) is 12.1 Å². The first kappa shape index (κ1) is 13.1. The van der Waals surface area contributed by atoms with Crippen molar-refractivity contribution in [2.75, 3.05) is 5.32 Å². The molecule has 5 nitrogen and oxygen atoms in total. The minimum absolute atomic E-state index is 0.347. The van der Waals surface area contributed by atoms with Crippen LogP contribution in [0.15, 0.2) is 36.9 Å². The van der Waals surface area contributed by atoms with Crippen molar-refractivity contribution in [3.8, 4) is 0 Å². The van der Waals surface area contributed by atoms with Crippen molar-refractivity contribution >= 4 is 5.69 Å². The Bertz CT molecular complexity index is 537. The number of nitrogens with two attached hydrogens (primary N) is 1. The van der Waals surface area contributed by atoms with Crippen molar-refractivity contribution in [2.24, 2.45) is 5.73 Å². The smallest absolute Gasteiger partial charge is 0.137 e. The minimum atomic E-state index is 0.347. The molecule has 0 saturated heterocycles. The van der Waals surface area contributed by atoms with E-state index in [0.717, 1.165) is 19.4 Å². The fourth-order valence-corrected chi connectivity index (χ4v) is 2.86. The van der Waals surface area contributed by atoms with Crippen LogP contribution in [0.1, 0.15) is 31.2 Å². The van der Waals surface area contributed by atoms with Crippen LogP contribution >= 0.6 is 0 Å². The third-order valence-corrected chi connectivity index (χ3v) is 3.82. The van der Waals surface area contributed by atoms with Crippen LogP contribution in [0.25, 0.3) is 0 Å². The Morgan fingerprint density at radius 2 is 2.30 bits per heavy atom. The highest BCUT2D eigenvalue weighted by atomic mass is 15.3. The number of nitrogens with zero attached hydrogens (tertiary/aromatic N) is 3. The number of anilines is 1. The minimum Gasteiger partial charge on any atom is -0.382 e. The van der Waals surface area contributed by atoms with Crippen LogP contribution in [0.4, 0.5) is 5.69 Å².